The molecule has 0 aliphatic carbocycles. The SMILES string of the molecule is COc1cccc(NC2=C(c3ccccc3OC)C(=O)N(c3cc(Cl)ccc3C)C2=O)c1. The van der Waals surface area contributed by atoms with E-state index in [1.807, 2.05) is 6.92 Å². The lowest BCUT2D eigenvalue weighted by atomic mass is 10.0. The van der Waals surface area contributed by atoms with Crippen LogP contribution in [0.1, 0.15) is 11.1 Å². The fourth-order valence-electron chi connectivity index (χ4n) is 3.63. The van der Waals surface area contributed by atoms with Crippen LogP contribution in [0.2, 0.25) is 5.02 Å². The molecule has 6 nitrogen and oxygen atoms in total. The van der Waals surface area contributed by atoms with E-state index in [4.69, 9.17) is 21.1 Å². The lowest BCUT2D eigenvalue weighted by Gasteiger charge is -2.18. The van der Waals surface area contributed by atoms with Crippen molar-refractivity contribution in [2.45, 2.75) is 6.92 Å². The molecule has 7 heteroatoms. The van der Waals surface area contributed by atoms with Crippen molar-refractivity contribution in [3.8, 4) is 11.5 Å². The molecule has 0 saturated heterocycles. The van der Waals surface area contributed by atoms with E-state index in [0.717, 1.165) is 10.5 Å². The summed E-state index contributed by atoms with van der Waals surface area (Å²) < 4.78 is 10.8. The average Bonchev–Trinajstić information content (AvgIpc) is 3.04. The summed E-state index contributed by atoms with van der Waals surface area (Å²) in [5.74, 6) is 0.159. The summed E-state index contributed by atoms with van der Waals surface area (Å²) in [5.41, 5.74) is 2.67. The number of carbonyl (C=O) groups excluding carboxylic acids is 2. The predicted molar refractivity (Wildman–Crippen MR) is 125 cm³/mol. The molecule has 4 rings (SSSR count). The molecule has 0 atom stereocenters. The molecule has 0 spiro atoms. The Morgan fingerprint density at radius 2 is 1.66 bits per heavy atom. The molecule has 1 aliphatic rings. The number of nitrogens with zero attached hydrogens (tertiary/aromatic N) is 1. The molecular formula is C25H21ClN2O4. The zero-order valence-electron chi connectivity index (χ0n) is 17.8. The Kier molecular flexibility index (Phi) is 5.88. The highest BCUT2D eigenvalue weighted by Gasteiger charge is 2.41. The highest BCUT2D eigenvalue weighted by molar-refractivity contribution is 6.46. The second-order valence-corrected chi connectivity index (χ2v) is 7.62. The summed E-state index contributed by atoms with van der Waals surface area (Å²) in [7, 11) is 3.08. The minimum absolute atomic E-state index is 0.145. The van der Waals surface area contributed by atoms with Crippen molar-refractivity contribution in [1.82, 2.24) is 0 Å². The average molecular weight is 449 g/mol. The van der Waals surface area contributed by atoms with Crippen LogP contribution in [0.15, 0.2) is 72.4 Å². The van der Waals surface area contributed by atoms with Gasteiger partial charge in [-0.15, -0.1) is 0 Å². The van der Waals surface area contributed by atoms with Crippen LogP contribution < -0.4 is 19.7 Å². The molecule has 32 heavy (non-hydrogen) atoms. The van der Waals surface area contributed by atoms with Crippen LogP contribution in [0, 0.1) is 6.92 Å². The number of anilines is 2. The van der Waals surface area contributed by atoms with Crippen LogP contribution in [0.5, 0.6) is 11.5 Å². The number of para-hydroxylation sites is 1. The number of amides is 2. The Bertz CT molecular complexity index is 1250. The standard InChI is InChI=1S/C25H21ClN2O4/c1-15-11-12-16(26)13-20(15)28-24(29)22(19-9-4-5-10-21(19)32-3)23(25(28)30)27-17-7-6-8-18(14-17)31-2/h4-14,27H,1-3H3. The first-order chi connectivity index (χ1) is 15.4. The second kappa shape index (κ2) is 8.77. The summed E-state index contributed by atoms with van der Waals surface area (Å²) in [6, 6.07) is 19.3. The number of imide groups is 1. The summed E-state index contributed by atoms with van der Waals surface area (Å²) >= 11 is 6.18. The molecule has 1 aliphatic heterocycles. The molecule has 0 saturated carbocycles. The first-order valence-electron chi connectivity index (χ1n) is 9.88. The van der Waals surface area contributed by atoms with Gasteiger partial charge in [0.25, 0.3) is 11.8 Å². The Balaban J connectivity index is 1.89. The summed E-state index contributed by atoms with van der Waals surface area (Å²) in [6.07, 6.45) is 0. The molecule has 1 N–H and O–H groups in total. The number of benzene rings is 3. The zero-order valence-corrected chi connectivity index (χ0v) is 18.6. The number of halogens is 1. The summed E-state index contributed by atoms with van der Waals surface area (Å²) in [6.45, 7) is 1.82. The van der Waals surface area contributed by atoms with E-state index in [1.54, 1.807) is 73.8 Å². The molecule has 0 fully saturated rings. The van der Waals surface area contributed by atoms with Gasteiger partial charge in [0.15, 0.2) is 0 Å². The number of ether oxygens (including phenoxy) is 2. The van der Waals surface area contributed by atoms with Gasteiger partial charge in [-0.1, -0.05) is 41.9 Å². The Labute approximate surface area is 191 Å². The van der Waals surface area contributed by atoms with Gasteiger partial charge in [-0.25, -0.2) is 4.90 Å². The van der Waals surface area contributed by atoms with Gasteiger partial charge < -0.3 is 14.8 Å². The molecule has 1 heterocycles. The van der Waals surface area contributed by atoms with E-state index in [2.05, 4.69) is 5.32 Å². The number of methoxy groups -OCH3 is 2. The minimum atomic E-state index is -0.482. The quantitative estimate of drug-likeness (QED) is 0.534. The van der Waals surface area contributed by atoms with E-state index in [9.17, 15) is 9.59 Å². The van der Waals surface area contributed by atoms with Crippen molar-refractivity contribution in [3.63, 3.8) is 0 Å². The molecule has 3 aromatic rings. The lowest BCUT2D eigenvalue weighted by Crippen LogP contribution is -2.33. The van der Waals surface area contributed by atoms with Gasteiger partial charge in [0.2, 0.25) is 0 Å². The highest BCUT2D eigenvalue weighted by atomic mass is 35.5. The molecule has 162 valence electrons. The van der Waals surface area contributed by atoms with E-state index in [-0.39, 0.29) is 11.3 Å². The van der Waals surface area contributed by atoms with E-state index in [0.29, 0.717) is 33.5 Å². The Hall–Kier alpha value is -3.77. The maximum absolute atomic E-state index is 13.7. The Morgan fingerprint density at radius 3 is 2.41 bits per heavy atom. The van der Waals surface area contributed by atoms with Crippen LogP contribution in [0.4, 0.5) is 11.4 Å². The van der Waals surface area contributed by atoms with Gasteiger partial charge in [-0.3, -0.25) is 9.59 Å². The zero-order chi connectivity index (χ0) is 22.8. The van der Waals surface area contributed by atoms with Crippen molar-refractivity contribution in [3.05, 3.63) is 88.6 Å². The lowest BCUT2D eigenvalue weighted by molar-refractivity contribution is -0.120. The Morgan fingerprint density at radius 1 is 0.875 bits per heavy atom. The van der Waals surface area contributed by atoms with Crippen LogP contribution in [0.3, 0.4) is 0 Å². The van der Waals surface area contributed by atoms with E-state index >= 15 is 0 Å². The number of rotatable bonds is 6. The van der Waals surface area contributed by atoms with Crippen LogP contribution in [-0.2, 0) is 9.59 Å². The van der Waals surface area contributed by atoms with Crippen molar-refractivity contribution >= 4 is 40.4 Å². The van der Waals surface area contributed by atoms with E-state index < -0.39 is 11.8 Å². The third-order valence-electron chi connectivity index (χ3n) is 5.21. The molecule has 0 bridgehead atoms. The van der Waals surface area contributed by atoms with Gasteiger partial charge >= 0.3 is 0 Å². The second-order valence-electron chi connectivity index (χ2n) is 7.18. The first-order valence-corrected chi connectivity index (χ1v) is 10.3. The minimum Gasteiger partial charge on any atom is -0.497 e. The van der Waals surface area contributed by atoms with Gasteiger partial charge in [0, 0.05) is 22.3 Å². The fraction of sp³-hybridized carbons (Fsp3) is 0.120. The number of hydrogen-bond donors (Lipinski definition) is 1. The number of nitrogens with one attached hydrogen (secondary N) is 1. The van der Waals surface area contributed by atoms with Gasteiger partial charge in [-0.05, 0) is 42.8 Å². The van der Waals surface area contributed by atoms with Crippen molar-refractivity contribution in [2.75, 3.05) is 24.4 Å². The fourth-order valence-corrected chi connectivity index (χ4v) is 3.80. The van der Waals surface area contributed by atoms with Crippen molar-refractivity contribution in [2.24, 2.45) is 0 Å². The summed E-state index contributed by atoms with van der Waals surface area (Å²) in [4.78, 5) is 28.4. The topological polar surface area (TPSA) is 67.9 Å². The van der Waals surface area contributed by atoms with Crippen molar-refractivity contribution in [1.29, 1.82) is 0 Å². The highest BCUT2D eigenvalue weighted by Crippen LogP contribution is 2.39. The largest absolute Gasteiger partial charge is 0.497 e. The predicted octanol–water partition coefficient (Wildman–Crippen LogP) is 5.06. The van der Waals surface area contributed by atoms with Crippen LogP contribution >= 0.6 is 11.6 Å². The number of hydrogen-bond acceptors (Lipinski definition) is 5. The van der Waals surface area contributed by atoms with Crippen LogP contribution in [0.25, 0.3) is 5.57 Å². The molecular weight excluding hydrogens is 428 g/mol. The van der Waals surface area contributed by atoms with Crippen molar-refractivity contribution < 1.29 is 19.1 Å². The molecule has 0 aromatic heterocycles. The summed E-state index contributed by atoms with van der Waals surface area (Å²) in [5, 5.41) is 3.56. The van der Waals surface area contributed by atoms with Gasteiger partial charge in [0.05, 0.1) is 25.5 Å². The maximum atomic E-state index is 13.7. The number of carbonyl (C=O) groups is 2. The molecule has 0 unspecified atom stereocenters. The molecule has 0 radical (unpaired) electrons. The van der Waals surface area contributed by atoms with Gasteiger partial charge in [-0.2, -0.15) is 0 Å². The third kappa shape index (κ3) is 3.81. The molecule has 3 aromatic carbocycles. The normalized spacial score (nSPS) is 13.6. The smallest absolute Gasteiger partial charge is 0.282 e. The molecule has 2 amide bonds. The first kappa shape index (κ1) is 21.5. The third-order valence-corrected chi connectivity index (χ3v) is 5.45. The monoisotopic (exact) mass is 448 g/mol. The number of aryl methyl sites for hydroxylation is 1. The van der Waals surface area contributed by atoms with Crippen LogP contribution in [-0.4, -0.2) is 26.0 Å². The maximum Gasteiger partial charge on any atom is 0.282 e. The van der Waals surface area contributed by atoms with Gasteiger partial charge in [0.1, 0.15) is 17.2 Å². The van der Waals surface area contributed by atoms with E-state index in [1.165, 1.54) is 7.11 Å².